The lowest BCUT2D eigenvalue weighted by Crippen LogP contribution is -2.35. The molecule has 1 saturated carbocycles. The zero-order valence-electron chi connectivity index (χ0n) is 10.7. The van der Waals surface area contributed by atoms with Crippen LogP contribution in [-0.4, -0.2) is 16.0 Å². The molecule has 4 nitrogen and oxygen atoms in total. The van der Waals surface area contributed by atoms with Gasteiger partial charge in [0.05, 0.1) is 0 Å². The third-order valence-electron chi connectivity index (χ3n) is 3.72. The second-order valence-corrected chi connectivity index (χ2v) is 5.23. The molecule has 17 heavy (non-hydrogen) atoms. The number of nitrogen functional groups attached to an aromatic ring is 1. The van der Waals surface area contributed by atoms with Gasteiger partial charge in [-0.3, -0.25) is 0 Å². The zero-order chi connectivity index (χ0) is 12.3. The highest BCUT2D eigenvalue weighted by molar-refractivity contribution is 5.55. The van der Waals surface area contributed by atoms with Crippen LogP contribution < -0.4 is 11.1 Å². The van der Waals surface area contributed by atoms with Gasteiger partial charge in [0.25, 0.3) is 0 Å². The molecule has 1 heterocycles. The molecule has 1 aromatic rings. The monoisotopic (exact) mass is 234 g/mol. The van der Waals surface area contributed by atoms with Crippen molar-refractivity contribution in [3.05, 3.63) is 12.4 Å². The Kier molecular flexibility index (Phi) is 3.82. The van der Waals surface area contributed by atoms with Crippen LogP contribution in [0.5, 0.6) is 0 Å². The van der Waals surface area contributed by atoms with Crippen molar-refractivity contribution in [2.24, 2.45) is 11.8 Å². The van der Waals surface area contributed by atoms with E-state index in [9.17, 15) is 0 Å². The summed E-state index contributed by atoms with van der Waals surface area (Å²) in [7, 11) is 0. The molecule has 1 aromatic heterocycles. The van der Waals surface area contributed by atoms with Crippen LogP contribution >= 0.6 is 0 Å². The number of aromatic nitrogens is 2. The first kappa shape index (κ1) is 12.1. The van der Waals surface area contributed by atoms with Crippen molar-refractivity contribution in [3.8, 4) is 0 Å². The number of nitrogens with zero attached hydrogens (tertiary/aromatic N) is 2. The summed E-state index contributed by atoms with van der Waals surface area (Å²) in [5, 5.41) is 3.48. The summed E-state index contributed by atoms with van der Waals surface area (Å²) in [6.07, 6.45) is 8.46. The van der Waals surface area contributed by atoms with Gasteiger partial charge in [0.15, 0.2) is 11.6 Å². The van der Waals surface area contributed by atoms with E-state index in [1.807, 2.05) is 0 Å². The first-order valence-corrected chi connectivity index (χ1v) is 6.51. The molecule has 0 aromatic carbocycles. The van der Waals surface area contributed by atoms with E-state index in [2.05, 4.69) is 29.1 Å². The lowest BCUT2D eigenvalue weighted by Gasteiger charge is -2.35. The normalized spacial score (nSPS) is 24.9. The summed E-state index contributed by atoms with van der Waals surface area (Å²) in [4.78, 5) is 8.33. The van der Waals surface area contributed by atoms with E-state index < -0.39 is 0 Å². The van der Waals surface area contributed by atoms with Gasteiger partial charge in [0.2, 0.25) is 0 Å². The maximum Gasteiger partial charge on any atom is 0.169 e. The molecule has 2 rings (SSSR count). The predicted molar refractivity (Wildman–Crippen MR) is 70.7 cm³/mol. The number of hydrogen-bond donors (Lipinski definition) is 2. The molecule has 3 N–H and O–H groups in total. The lowest BCUT2D eigenvalue weighted by atomic mass is 9.78. The smallest absolute Gasteiger partial charge is 0.169 e. The fourth-order valence-electron chi connectivity index (χ4n) is 2.77. The second-order valence-electron chi connectivity index (χ2n) is 5.23. The Balaban J connectivity index is 2.08. The summed E-state index contributed by atoms with van der Waals surface area (Å²) < 4.78 is 0. The van der Waals surface area contributed by atoms with Gasteiger partial charge in [0, 0.05) is 18.4 Å². The summed E-state index contributed by atoms with van der Waals surface area (Å²) in [5.41, 5.74) is 5.82. The number of rotatable bonds is 3. The van der Waals surface area contributed by atoms with Crippen LogP contribution in [0.1, 0.15) is 39.5 Å². The first-order chi connectivity index (χ1) is 8.18. The van der Waals surface area contributed by atoms with Gasteiger partial charge >= 0.3 is 0 Å². The Labute approximate surface area is 103 Å². The molecule has 0 radical (unpaired) electrons. The number of hydrogen-bond acceptors (Lipinski definition) is 4. The predicted octanol–water partition coefficient (Wildman–Crippen LogP) is 2.69. The Morgan fingerprint density at radius 3 is 2.65 bits per heavy atom. The molecule has 0 spiro atoms. The zero-order valence-corrected chi connectivity index (χ0v) is 10.7. The van der Waals surface area contributed by atoms with Crippen molar-refractivity contribution in [1.82, 2.24) is 9.97 Å². The van der Waals surface area contributed by atoms with E-state index in [0.717, 1.165) is 5.82 Å². The molecule has 4 heteroatoms. The Bertz CT molecular complexity index is 364. The standard InChI is InChI=1S/C13H22N4/c1-9(2)10-5-3-4-6-11(10)17-13-12(14)15-7-8-16-13/h7-11H,3-6H2,1-2H3,(H2,14,15)(H,16,17). The van der Waals surface area contributed by atoms with Crippen molar-refractivity contribution < 1.29 is 0 Å². The lowest BCUT2D eigenvalue weighted by molar-refractivity contribution is 0.253. The van der Waals surface area contributed by atoms with Crippen molar-refractivity contribution in [2.75, 3.05) is 11.1 Å². The molecule has 0 bridgehead atoms. The van der Waals surface area contributed by atoms with Gasteiger partial charge in [0.1, 0.15) is 0 Å². The van der Waals surface area contributed by atoms with Crippen molar-refractivity contribution in [3.63, 3.8) is 0 Å². The van der Waals surface area contributed by atoms with Crippen molar-refractivity contribution in [2.45, 2.75) is 45.6 Å². The fraction of sp³-hybridized carbons (Fsp3) is 0.692. The fourth-order valence-corrected chi connectivity index (χ4v) is 2.77. The van der Waals surface area contributed by atoms with Gasteiger partial charge in [-0.25, -0.2) is 9.97 Å². The highest BCUT2D eigenvalue weighted by Gasteiger charge is 2.28. The van der Waals surface area contributed by atoms with Crippen molar-refractivity contribution in [1.29, 1.82) is 0 Å². The Morgan fingerprint density at radius 2 is 1.94 bits per heavy atom. The second kappa shape index (κ2) is 5.34. The summed E-state index contributed by atoms with van der Waals surface area (Å²) >= 11 is 0. The van der Waals surface area contributed by atoms with Gasteiger partial charge in [-0.05, 0) is 24.7 Å². The number of anilines is 2. The average molecular weight is 234 g/mol. The maximum atomic E-state index is 5.82. The Hall–Kier alpha value is -1.32. The van der Waals surface area contributed by atoms with Gasteiger partial charge in [-0.15, -0.1) is 0 Å². The third-order valence-corrected chi connectivity index (χ3v) is 3.72. The molecule has 0 aliphatic heterocycles. The number of nitrogens with two attached hydrogens (primary N) is 1. The van der Waals surface area contributed by atoms with Crippen LogP contribution in [0.25, 0.3) is 0 Å². The molecule has 1 fully saturated rings. The van der Waals surface area contributed by atoms with E-state index in [1.54, 1.807) is 12.4 Å². The van der Waals surface area contributed by atoms with Crippen LogP contribution in [0.4, 0.5) is 11.6 Å². The summed E-state index contributed by atoms with van der Waals surface area (Å²) in [6.45, 7) is 4.59. The van der Waals surface area contributed by atoms with Gasteiger partial charge < -0.3 is 11.1 Å². The molecular formula is C13H22N4. The Morgan fingerprint density at radius 1 is 1.24 bits per heavy atom. The van der Waals surface area contributed by atoms with Crippen LogP contribution in [-0.2, 0) is 0 Å². The molecule has 94 valence electrons. The van der Waals surface area contributed by atoms with Crippen LogP contribution in [0.2, 0.25) is 0 Å². The largest absolute Gasteiger partial charge is 0.381 e. The first-order valence-electron chi connectivity index (χ1n) is 6.51. The van der Waals surface area contributed by atoms with E-state index in [-0.39, 0.29) is 0 Å². The molecule has 2 atom stereocenters. The quantitative estimate of drug-likeness (QED) is 0.844. The minimum atomic E-state index is 0.489. The molecule has 2 unspecified atom stereocenters. The van der Waals surface area contributed by atoms with Crippen LogP contribution in [0, 0.1) is 11.8 Å². The molecule has 0 amide bonds. The minimum absolute atomic E-state index is 0.489. The van der Waals surface area contributed by atoms with E-state index in [1.165, 1.54) is 25.7 Å². The van der Waals surface area contributed by atoms with Gasteiger partial charge in [-0.2, -0.15) is 0 Å². The van der Waals surface area contributed by atoms with Crippen LogP contribution in [0.3, 0.4) is 0 Å². The van der Waals surface area contributed by atoms with Gasteiger partial charge in [-0.1, -0.05) is 26.7 Å². The number of nitrogens with one attached hydrogen (secondary N) is 1. The molecular weight excluding hydrogens is 212 g/mol. The average Bonchev–Trinajstić information content (AvgIpc) is 2.32. The topological polar surface area (TPSA) is 63.8 Å². The maximum absolute atomic E-state index is 5.82. The molecule has 0 saturated heterocycles. The molecule has 1 aliphatic rings. The summed E-state index contributed by atoms with van der Waals surface area (Å²) in [5.74, 6) is 2.65. The highest BCUT2D eigenvalue weighted by Crippen LogP contribution is 2.32. The molecule has 1 aliphatic carbocycles. The minimum Gasteiger partial charge on any atom is -0.381 e. The van der Waals surface area contributed by atoms with E-state index in [0.29, 0.717) is 23.7 Å². The van der Waals surface area contributed by atoms with Crippen LogP contribution in [0.15, 0.2) is 12.4 Å². The van der Waals surface area contributed by atoms with Crippen molar-refractivity contribution >= 4 is 11.6 Å². The highest BCUT2D eigenvalue weighted by atomic mass is 15.1. The SMILES string of the molecule is CC(C)C1CCCCC1Nc1nccnc1N. The van der Waals surface area contributed by atoms with E-state index in [4.69, 9.17) is 5.73 Å². The third kappa shape index (κ3) is 2.87. The van der Waals surface area contributed by atoms with E-state index >= 15 is 0 Å². The summed E-state index contributed by atoms with van der Waals surface area (Å²) in [6, 6.07) is 0.489.